The van der Waals surface area contributed by atoms with E-state index in [1.165, 1.54) is 0 Å². The average Bonchev–Trinajstić information content (AvgIpc) is 3.29. The Balaban J connectivity index is 0.00000289. The summed E-state index contributed by atoms with van der Waals surface area (Å²) in [5, 5.41) is 8.46. The first-order valence-corrected chi connectivity index (χ1v) is 10.1. The number of aromatic nitrogens is 4. The van der Waals surface area contributed by atoms with Crippen molar-refractivity contribution in [2.45, 2.75) is 20.3 Å². The van der Waals surface area contributed by atoms with Gasteiger partial charge in [-0.05, 0) is 37.1 Å². The number of benzene rings is 2. The van der Waals surface area contributed by atoms with Crippen LogP contribution in [0.4, 0.5) is 0 Å². The zero-order valence-corrected chi connectivity index (χ0v) is 18.0. The van der Waals surface area contributed by atoms with Gasteiger partial charge in [0.2, 0.25) is 5.89 Å². The number of aryl methyl sites for hydroxylation is 2. The third-order valence-corrected chi connectivity index (χ3v) is 5.05. The van der Waals surface area contributed by atoms with Crippen molar-refractivity contribution < 1.29 is 10.6 Å². The van der Waals surface area contributed by atoms with Crippen LogP contribution in [0.15, 0.2) is 59.1 Å². The van der Waals surface area contributed by atoms with E-state index in [-0.39, 0.29) is 7.33 Å². The number of carbonyl (C=O) groups is 1. The summed E-state index contributed by atoms with van der Waals surface area (Å²) < 4.78 is 5.97. The first kappa shape index (κ1) is 20.4. The highest BCUT2D eigenvalue weighted by atomic mass is 16.4. The monoisotopic (exact) mass is 415 g/mol. The average molecular weight is 415 g/mol. The molecule has 0 spiro atoms. The van der Waals surface area contributed by atoms with Gasteiger partial charge in [0.05, 0.1) is 17.6 Å². The molecule has 0 radical (unpaired) electrons. The number of hydrogen-bond acceptors (Lipinski definition) is 6. The fourth-order valence-corrected chi connectivity index (χ4v) is 3.30. The van der Waals surface area contributed by atoms with E-state index in [0.29, 0.717) is 34.4 Å². The molecule has 31 heavy (non-hydrogen) atoms. The van der Waals surface area contributed by atoms with Gasteiger partial charge in [0, 0.05) is 32.2 Å². The molecular formula is C24H25N5O2. The van der Waals surface area contributed by atoms with Crippen LogP contribution >= 0.6 is 0 Å². The lowest BCUT2D eigenvalue weighted by Gasteiger charge is -2.10. The molecule has 0 atom stereocenters. The molecule has 0 fully saturated rings. The number of nitrogens with zero attached hydrogens (tertiary/aromatic N) is 5. The van der Waals surface area contributed by atoms with E-state index in [1.807, 2.05) is 37.3 Å². The molecular weight excluding hydrogens is 390 g/mol. The summed E-state index contributed by atoms with van der Waals surface area (Å²) in [5.74, 6) is 0.741. The van der Waals surface area contributed by atoms with E-state index >= 15 is 0 Å². The van der Waals surface area contributed by atoms with Gasteiger partial charge in [-0.15, -0.1) is 10.2 Å². The first-order chi connectivity index (χ1) is 15.0. The Labute approximate surface area is 182 Å². The minimum Gasteiger partial charge on any atom is -0.415 e. The molecule has 0 aliphatic rings. The molecule has 7 nitrogen and oxygen atoms in total. The van der Waals surface area contributed by atoms with Gasteiger partial charge in [-0.1, -0.05) is 37.3 Å². The Bertz CT molecular complexity index is 1240. The number of carbonyl (C=O) groups excluding carboxylic acids is 1. The maximum Gasteiger partial charge on any atom is 0.268 e. The van der Waals surface area contributed by atoms with Gasteiger partial charge in [-0.2, -0.15) is 0 Å². The third kappa shape index (κ3) is 4.07. The first-order valence-electron chi connectivity index (χ1n) is 10.1. The molecule has 4 aromatic rings. The van der Waals surface area contributed by atoms with Crippen LogP contribution < -0.4 is 0 Å². The molecule has 0 bridgehead atoms. The second kappa shape index (κ2) is 8.47. The molecule has 158 valence electrons. The highest BCUT2D eigenvalue weighted by Crippen LogP contribution is 2.28. The predicted octanol–water partition coefficient (Wildman–Crippen LogP) is 4.68. The molecule has 7 heteroatoms. The Morgan fingerprint density at radius 3 is 2.45 bits per heavy atom. The van der Waals surface area contributed by atoms with Crippen molar-refractivity contribution in [3.8, 4) is 34.3 Å². The molecule has 0 N–H and O–H groups in total. The summed E-state index contributed by atoms with van der Waals surface area (Å²) in [7, 11) is 3.46. The van der Waals surface area contributed by atoms with E-state index in [4.69, 9.17) is 9.40 Å². The standard InChI is InChI=1S/C24H23N5O2.H2/c1-5-16-8-6-7-9-19(16)22-27-28-23(31-22)21-15(2)25-14-20(26-21)17-10-12-18(13-11-17)24(30)29(3)4;/h6-14H,5H2,1-4H3;1H. The number of hydrogen-bond donors (Lipinski definition) is 0. The quantitative estimate of drug-likeness (QED) is 0.470. The van der Waals surface area contributed by atoms with Gasteiger partial charge in [0.25, 0.3) is 11.8 Å². The Kier molecular flexibility index (Phi) is 5.58. The topological polar surface area (TPSA) is 85.0 Å². The zero-order chi connectivity index (χ0) is 22.0. The van der Waals surface area contributed by atoms with Crippen LogP contribution in [0, 0.1) is 6.92 Å². The lowest BCUT2D eigenvalue weighted by atomic mass is 10.1. The highest BCUT2D eigenvalue weighted by molar-refractivity contribution is 5.94. The van der Waals surface area contributed by atoms with Crippen LogP contribution in [0.5, 0.6) is 0 Å². The van der Waals surface area contributed by atoms with Crippen LogP contribution in [-0.4, -0.2) is 45.1 Å². The van der Waals surface area contributed by atoms with Crippen LogP contribution in [-0.2, 0) is 6.42 Å². The second-order valence-electron chi connectivity index (χ2n) is 7.39. The maximum absolute atomic E-state index is 12.1. The summed E-state index contributed by atoms with van der Waals surface area (Å²) in [4.78, 5) is 22.8. The summed E-state index contributed by atoms with van der Waals surface area (Å²) in [6.07, 6.45) is 2.57. The van der Waals surface area contributed by atoms with Gasteiger partial charge in [0.15, 0.2) is 0 Å². The molecule has 2 aromatic carbocycles. The summed E-state index contributed by atoms with van der Waals surface area (Å²) >= 11 is 0. The normalized spacial score (nSPS) is 10.8. The van der Waals surface area contributed by atoms with Gasteiger partial charge in [-0.25, -0.2) is 4.98 Å². The summed E-state index contributed by atoms with van der Waals surface area (Å²) in [6.45, 7) is 3.95. The van der Waals surface area contributed by atoms with E-state index in [0.717, 1.165) is 23.1 Å². The molecule has 1 amide bonds. The van der Waals surface area contributed by atoms with Crippen molar-refractivity contribution >= 4 is 5.91 Å². The van der Waals surface area contributed by atoms with Crippen LogP contribution in [0.3, 0.4) is 0 Å². The smallest absolute Gasteiger partial charge is 0.268 e. The van der Waals surface area contributed by atoms with Crippen LogP contribution in [0.1, 0.15) is 30.0 Å². The SMILES string of the molecule is CCc1ccccc1-c1nnc(-c2nc(-c3ccc(C(=O)N(C)C)cc3)cnc2C)o1.[HH]. The van der Waals surface area contributed by atoms with Crippen molar-refractivity contribution in [2.24, 2.45) is 0 Å². The van der Waals surface area contributed by atoms with Crippen molar-refractivity contribution in [3.63, 3.8) is 0 Å². The fraction of sp³-hybridized carbons (Fsp3) is 0.208. The maximum atomic E-state index is 12.1. The molecule has 2 heterocycles. The van der Waals surface area contributed by atoms with Crippen molar-refractivity contribution in [1.29, 1.82) is 0 Å². The molecule has 2 aromatic heterocycles. The molecule has 0 saturated heterocycles. The molecule has 4 rings (SSSR count). The minimum absolute atomic E-state index is 0. The molecule has 0 aliphatic carbocycles. The Hall–Kier alpha value is -3.87. The minimum atomic E-state index is -0.0482. The largest absolute Gasteiger partial charge is 0.415 e. The van der Waals surface area contributed by atoms with Crippen molar-refractivity contribution in [2.75, 3.05) is 14.1 Å². The van der Waals surface area contributed by atoms with Gasteiger partial charge >= 0.3 is 0 Å². The van der Waals surface area contributed by atoms with Gasteiger partial charge < -0.3 is 9.32 Å². The summed E-state index contributed by atoms with van der Waals surface area (Å²) in [5.41, 5.74) is 5.43. The van der Waals surface area contributed by atoms with Gasteiger partial charge in [0.1, 0.15) is 5.69 Å². The lowest BCUT2D eigenvalue weighted by Crippen LogP contribution is -2.21. The number of amides is 1. The van der Waals surface area contributed by atoms with E-state index in [1.54, 1.807) is 37.3 Å². The molecule has 0 saturated carbocycles. The zero-order valence-electron chi connectivity index (χ0n) is 18.0. The Morgan fingerprint density at radius 2 is 1.74 bits per heavy atom. The second-order valence-corrected chi connectivity index (χ2v) is 7.39. The van der Waals surface area contributed by atoms with E-state index in [9.17, 15) is 4.79 Å². The highest BCUT2D eigenvalue weighted by Gasteiger charge is 2.17. The number of rotatable bonds is 5. The Morgan fingerprint density at radius 1 is 1.03 bits per heavy atom. The predicted molar refractivity (Wildman–Crippen MR) is 120 cm³/mol. The molecule has 0 aliphatic heterocycles. The third-order valence-electron chi connectivity index (χ3n) is 5.05. The van der Waals surface area contributed by atoms with Crippen molar-refractivity contribution in [1.82, 2.24) is 25.1 Å². The van der Waals surface area contributed by atoms with Crippen LogP contribution in [0.25, 0.3) is 34.3 Å². The van der Waals surface area contributed by atoms with E-state index in [2.05, 4.69) is 28.2 Å². The van der Waals surface area contributed by atoms with Gasteiger partial charge in [-0.3, -0.25) is 9.78 Å². The lowest BCUT2D eigenvalue weighted by molar-refractivity contribution is 0.0827. The van der Waals surface area contributed by atoms with Crippen molar-refractivity contribution in [3.05, 3.63) is 71.5 Å². The summed E-state index contributed by atoms with van der Waals surface area (Å²) in [6, 6.07) is 15.3. The fourth-order valence-electron chi connectivity index (χ4n) is 3.30. The van der Waals surface area contributed by atoms with Crippen LogP contribution in [0.2, 0.25) is 0 Å². The molecule has 0 unspecified atom stereocenters. The van der Waals surface area contributed by atoms with E-state index < -0.39 is 0 Å².